The van der Waals surface area contributed by atoms with Gasteiger partial charge in [-0.05, 0) is 5.56 Å². The van der Waals surface area contributed by atoms with Crippen LogP contribution >= 0.6 is 0 Å². The third-order valence-corrected chi connectivity index (χ3v) is 2.40. The van der Waals surface area contributed by atoms with Crippen molar-refractivity contribution in [2.75, 3.05) is 0 Å². The molecule has 79 valence electrons. The topological polar surface area (TPSA) is 37.0 Å². The van der Waals surface area contributed by atoms with Crippen LogP contribution in [-0.4, -0.2) is 5.78 Å². The van der Waals surface area contributed by atoms with Crippen molar-refractivity contribution in [3.05, 3.63) is 71.8 Å². The molecule has 0 aliphatic heterocycles. The van der Waals surface area contributed by atoms with Crippen LogP contribution in [0.3, 0.4) is 0 Å². The first-order chi connectivity index (χ1) is 7.79. The van der Waals surface area contributed by atoms with Crippen molar-refractivity contribution in [2.45, 2.75) is 6.10 Å². The summed E-state index contributed by atoms with van der Waals surface area (Å²) in [6.45, 7) is 0. The summed E-state index contributed by atoms with van der Waals surface area (Å²) in [6, 6.07) is 17.4. The molecule has 2 aromatic rings. The maximum Gasteiger partial charge on any atom is 0.199 e. The predicted molar refractivity (Wildman–Crippen MR) is 60.6 cm³/mol. The Balaban J connectivity index is 2.24. The van der Waals surface area contributed by atoms with Crippen LogP contribution in [0.15, 0.2) is 60.7 Å². The highest BCUT2D eigenvalue weighted by molar-refractivity contribution is 5.99. The molecule has 0 fully saturated rings. The maximum atomic E-state index is 11.9. The van der Waals surface area contributed by atoms with Gasteiger partial charge in [0.1, 0.15) is 0 Å². The predicted octanol–water partition coefficient (Wildman–Crippen LogP) is 3.04. The first-order valence-corrected chi connectivity index (χ1v) is 5.09. The normalized spacial score (nSPS) is 12.1. The van der Waals surface area contributed by atoms with E-state index in [0.29, 0.717) is 11.1 Å². The van der Waals surface area contributed by atoms with E-state index in [0.717, 1.165) is 0 Å². The average Bonchev–Trinajstić information content (AvgIpc) is 2.39. The fraction of sp³-hybridized carbons (Fsp3) is 0.0714. The van der Waals surface area contributed by atoms with Crippen LogP contribution in [-0.2, 0) is 5.11 Å². The number of rotatable bonds is 3. The number of carbonyl (C=O) groups is 1. The van der Waals surface area contributed by atoms with E-state index in [-0.39, 0.29) is 5.78 Å². The Bertz CT molecular complexity index is 463. The minimum absolute atomic E-state index is 0.383. The van der Waals surface area contributed by atoms with Crippen molar-refractivity contribution in [3.8, 4) is 0 Å². The molecule has 0 N–H and O–H groups in total. The number of Topliss-reactive ketones (excluding diaryl/α,β-unsaturated/α-hetero) is 1. The summed E-state index contributed by atoms with van der Waals surface area (Å²) in [4.78, 5) is 11.8. The van der Waals surface area contributed by atoms with Gasteiger partial charge in [0.15, 0.2) is 11.9 Å². The number of hydrogen-bond acceptors (Lipinski definition) is 1. The van der Waals surface area contributed by atoms with E-state index in [4.69, 9.17) is 0 Å². The second kappa shape index (κ2) is 4.73. The second-order valence-electron chi connectivity index (χ2n) is 3.52. The summed E-state index contributed by atoms with van der Waals surface area (Å²) < 4.78 is 0. The van der Waals surface area contributed by atoms with Crippen molar-refractivity contribution in [1.82, 2.24) is 0 Å². The number of ketones is 1. The quantitative estimate of drug-likeness (QED) is 0.719. The molecule has 0 aliphatic carbocycles. The lowest BCUT2D eigenvalue weighted by molar-refractivity contribution is 0.0544. The van der Waals surface area contributed by atoms with Gasteiger partial charge in [0.2, 0.25) is 0 Å². The SMILES string of the molecule is [O]C(C(=O)c1ccccc1)c1ccccc1. The highest BCUT2D eigenvalue weighted by atomic mass is 16.3. The molecule has 0 amide bonds. The molecule has 1 atom stereocenters. The molecule has 1 unspecified atom stereocenters. The molecular formula is C14H11O2. The first kappa shape index (κ1) is 10.6. The Morgan fingerprint density at radius 2 is 1.31 bits per heavy atom. The van der Waals surface area contributed by atoms with Gasteiger partial charge < -0.3 is 0 Å². The number of benzene rings is 2. The summed E-state index contributed by atoms with van der Waals surface area (Å²) in [6.07, 6.45) is -1.33. The van der Waals surface area contributed by atoms with E-state index in [1.165, 1.54) is 0 Å². The highest BCUT2D eigenvalue weighted by Gasteiger charge is 2.20. The van der Waals surface area contributed by atoms with Crippen molar-refractivity contribution < 1.29 is 9.90 Å². The maximum absolute atomic E-state index is 11.9. The van der Waals surface area contributed by atoms with E-state index in [2.05, 4.69) is 0 Å². The lowest BCUT2D eigenvalue weighted by Crippen LogP contribution is -2.10. The zero-order valence-corrected chi connectivity index (χ0v) is 8.67. The number of hydrogen-bond donors (Lipinski definition) is 0. The Kier molecular flexibility index (Phi) is 3.13. The summed E-state index contributed by atoms with van der Waals surface area (Å²) in [5.74, 6) is -0.383. The lowest BCUT2D eigenvalue weighted by Gasteiger charge is -2.07. The average molecular weight is 211 g/mol. The van der Waals surface area contributed by atoms with Crippen LogP contribution < -0.4 is 0 Å². The lowest BCUT2D eigenvalue weighted by atomic mass is 10.0. The molecule has 2 rings (SSSR count). The minimum Gasteiger partial charge on any atom is -0.291 e. The van der Waals surface area contributed by atoms with Crippen LogP contribution in [0.1, 0.15) is 22.0 Å². The minimum atomic E-state index is -1.33. The molecule has 0 aromatic heterocycles. The van der Waals surface area contributed by atoms with Gasteiger partial charge in [0.05, 0.1) is 0 Å². The summed E-state index contributed by atoms with van der Waals surface area (Å²) >= 11 is 0. The Morgan fingerprint density at radius 1 is 0.812 bits per heavy atom. The Morgan fingerprint density at radius 3 is 1.88 bits per heavy atom. The van der Waals surface area contributed by atoms with Crippen molar-refractivity contribution in [2.24, 2.45) is 0 Å². The third kappa shape index (κ3) is 2.18. The summed E-state index contributed by atoms with van der Waals surface area (Å²) in [7, 11) is 0. The van der Waals surface area contributed by atoms with E-state index in [1.54, 1.807) is 48.5 Å². The molecule has 0 spiro atoms. The molecule has 1 radical (unpaired) electrons. The van der Waals surface area contributed by atoms with Crippen LogP contribution in [0.25, 0.3) is 0 Å². The molecule has 0 aliphatic rings. The van der Waals surface area contributed by atoms with E-state index in [9.17, 15) is 9.90 Å². The van der Waals surface area contributed by atoms with Crippen molar-refractivity contribution >= 4 is 5.78 Å². The molecule has 2 nitrogen and oxygen atoms in total. The second-order valence-corrected chi connectivity index (χ2v) is 3.52. The van der Waals surface area contributed by atoms with Gasteiger partial charge in [-0.15, -0.1) is 0 Å². The molecule has 16 heavy (non-hydrogen) atoms. The highest BCUT2D eigenvalue weighted by Crippen LogP contribution is 2.18. The van der Waals surface area contributed by atoms with Crippen molar-refractivity contribution in [1.29, 1.82) is 0 Å². The zero-order valence-electron chi connectivity index (χ0n) is 8.67. The molecule has 2 heteroatoms. The molecular weight excluding hydrogens is 200 g/mol. The standard InChI is InChI=1S/C14H11O2/c15-13(11-7-3-1-4-8-11)14(16)12-9-5-2-6-10-12/h1-10,13H. The molecule has 0 saturated heterocycles. The monoisotopic (exact) mass is 211 g/mol. The van der Waals surface area contributed by atoms with Crippen molar-refractivity contribution in [3.63, 3.8) is 0 Å². The molecule has 0 saturated carbocycles. The summed E-state index contributed by atoms with van der Waals surface area (Å²) in [5.41, 5.74) is 0.975. The summed E-state index contributed by atoms with van der Waals surface area (Å²) in [5, 5.41) is 11.9. The van der Waals surface area contributed by atoms with E-state index < -0.39 is 6.10 Å². The van der Waals surface area contributed by atoms with Crippen LogP contribution in [0.4, 0.5) is 0 Å². The zero-order chi connectivity index (χ0) is 11.4. The van der Waals surface area contributed by atoms with E-state index >= 15 is 0 Å². The van der Waals surface area contributed by atoms with Crippen LogP contribution in [0.2, 0.25) is 0 Å². The van der Waals surface area contributed by atoms with Gasteiger partial charge >= 0.3 is 0 Å². The fourth-order valence-electron chi connectivity index (χ4n) is 1.53. The van der Waals surface area contributed by atoms with Gasteiger partial charge in [-0.25, -0.2) is 5.11 Å². The smallest absolute Gasteiger partial charge is 0.199 e. The Hall–Kier alpha value is -1.93. The van der Waals surface area contributed by atoms with E-state index in [1.807, 2.05) is 12.1 Å². The molecule has 0 heterocycles. The Labute approximate surface area is 94.2 Å². The molecule has 0 bridgehead atoms. The first-order valence-electron chi connectivity index (χ1n) is 5.09. The van der Waals surface area contributed by atoms with Gasteiger partial charge in [-0.3, -0.25) is 4.79 Å². The van der Waals surface area contributed by atoms with Gasteiger partial charge in [0, 0.05) is 5.56 Å². The van der Waals surface area contributed by atoms with Crippen LogP contribution in [0.5, 0.6) is 0 Å². The largest absolute Gasteiger partial charge is 0.291 e. The van der Waals surface area contributed by atoms with Gasteiger partial charge in [-0.1, -0.05) is 60.7 Å². The third-order valence-electron chi connectivity index (χ3n) is 2.40. The number of carbonyl (C=O) groups excluding carboxylic acids is 1. The molecule has 2 aromatic carbocycles. The van der Waals surface area contributed by atoms with Gasteiger partial charge in [0.25, 0.3) is 0 Å². The van der Waals surface area contributed by atoms with Gasteiger partial charge in [-0.2, -0.15) is 0 Å². The fourth-order valence-corrected chi connectivity index (χ4v) is 1.53. The van der Waals surface area contributed by atoms with Crippen LogP contribution in [0, 0.1) is 0 Å².